The molecule has 0 radical (unpaired) electrons. The van der Waals surface area contributed by atoms with Gasteiger partial charge in [-0.05, 0) is 55.0 Å². The van der Waals surface area contributed by atoms with Crippen molar-refractivity contribution in [2.45, 2.75) is 26.8 Å². The van der Waals surface area contributed by atoms with E-state index in [0.717, 1.165) is 5.56 Å². The molecule has 3 aromatic rings. The van der Waals surface area contributed by atoms with E-state index >= 15 is 0 Å². The third-order valence-corrected chi connectivity index (χ3v) is 5.57. The van der Waals surface area contributed by atoms with Crippen LogP contribution in [0, 0.1) is 0 Å². The van der Waals surface area contributed by atoms with E-state index < -0.39 is 11.9 Å². The van der Waals surface area contributed by atoms with E-state index in [1.807, 2.05) is 12.1 Å². The van der Waals surface area contributed by atoms with Gasteiger partial charge in [0.1, 0.15) is 11.4 Å². The summed E-state index contributed by atoms with van der Waals surface area (Å²) < 4.78 is 5.60. The number of aromatic nitrogens is 1. The van der Waals surface area contributed by atoms with E-state index in [1.54, 1.807) is 62.4 Å². The molecule has 204 valence electrons. The van der Waals surface area contributed by atoms with Crippen molar-refractivity contribution >= 4 is 35.1 Å². The fourth-order valence-electron chi connectivity index (χ4n) is 3.34. The smallest absolute Gasteiger partial charge is 0.354 e. The second-order valence-electron chi connectivity index (χ2n) is 8.02. The number of hydrazine groups is 2. The zero-order valence-corrected chi connectivity index (χ0v) is 22.2. The molecule has 12 heteroatoms. The van der Waals surface area contributed by atoms with Crippen molar-refractivity contribution in [3.8, 4) is 11.6 Å². The van der Waals surface area contributed by atoms with Crippen LogP contribution in [0.1, 0.15) is 36.3 Å². The Morgan fingerprint density at radius 3 is 2.38 bits per heavy atom. The Labute approximate surface area is 230 Å². The predicted octanol–water partition coefficient (Wildman–Crippen LogP) is 4.06. The second kappa shape index (κ2) is 14.4. The maximum Gasteiger partial charge on any atom is 0.354 e. The molecule has 2 aromatic carbocycles. The predicted molar refractivity (Wildman–Crippen MR) is 147 cm³/mol. The summed E-state index contributed by atoms with van der Waals surface area (Å²) in [5.41, 5.74) is 10.0. The number of carboxylic acids is 1. The minimum Gasteiger partial charge on any atom is -0.477 e. The van der Waals surface area contributed by atoms with E-state index in [4.69, 9.17) is 21.4 Å². The maximum atomic E-state index is 13.0. The number of hydrogen-bond acceptors (Lipinski definition) is 8. The van der Waals surface area contributed by atoms with Gasteiger partial charge in [0.05, 0.1) is 5.69 Å². The first-order valence-electron chi connectivity index (χ1n) is 12.1. The molecule has 0 bridgehead atoms. The molecule has 0 aliphatic rings. The van der Waals surface area contributed by atoms with Crippen LogP contribution in [0.3, 0.4) is 0 Å². The molecule has 5 N–H and O–H groups in total. The number of likely N-dealkylation sites (N-methyl/N-ethyl adjacent to an activating group) is 1. The van der Waals surface area contributed by atoms with Gasteiger partial charge in [0.25, 0.3) is 5.91 Å². The van der Waals surface area contributed by atoms with E-state index in [-0.39, 0.29) is 36.1 Å². The highest BCUT2D eigenvalue weighted by molar-refractivity contribution is 6.30. The zero-order chi connectivity index (χ0) is 28.2. The Kier molecular flexibility index (Phi) is 10.7. The van der Waals surface area contributed by atoms with Crippen molar-refractivity contribution < 1.29 is 24.2 Å². The van der Waals surface area contributed by atoms with E-state index in [1.165, 1.54) is 17.2 Å². The first-order chi connectivity index (χ1) is 18.8. The van der Waals surface area contributed by atoms with Gasteiger partial charge in [-0.3, -0.25) is 9.59 Å². The van der Waals surface area contributed by atoms with Gasteiger partial charge in [0.15, 0.2) is 5.69 Å². The van der Waals surface area contributed by atoms with Crippen molar-refractivity contribution in [1.29, 1.82) is 0 Å². The molecular formula is C27H29ClN6O5. The number of anilines is 1. The van der Waals surface area contributed by atoms with Crippen molar-refractivity contribution in [2.75, 3.05) is 12.0 Å². The monoisotopic (exact) mass is 552 g/mol. The lowest BCUT2D eigenvalue weighted by molar-refractivity contribution is -0.132. The topological polar surface area (TPSA) is 145 Å². The summed E-state index contributed by atoms with van der Waals surface area (Å²) in [6.45, 7) is 4.10. The van der Waals surface area contributed by atoms with E-state index in [0.29, 0.717) is 23.0 Å². The maximum absolute atomic E-state index is 13.0. The molecule has 11 nitrogen and oxygen atoms in total. The van der Waals surface area contributed by atoms with Crippen LogP contribution in [-0.4, -0.2) is 39.3 Å². The highest BCUT2D eigenvalue weighted by Gasteiger charge is 2.21. The largest absolute Gasteiger partial charge is 0.477 e. The molecule has 3 rings (SSSR count). The van der Waals surface area contributed by atoms with Gasteiger partial charge in [-0.2, -0.15) is 5.53 Å². The number of nitrogens with zero attached hydrogens (tertiary/aromatic N) is 2. The quantitative estimate of drug-likeness (QED) is 0.120. The molecular weight excluding hydrogens is 524 g/mol. The number of pyridine rings is 1. The van der Waals surface area contributed by atoms with E-state index in [9.17, 15) is 14.4 Å². The standard InChI is InChI=1S/C27H29ClN6O5/c1-3-25(35)34(4-2)23(26(36)29-16-18-8-10-19(28)11-9-18)17-30-33-32-20-12-14-21(15-13-20)39-24-7-5-6-22(31-24)27(37)38/h5-15,17,30,32-33H,3-4,16H2,1-2H3,(H,29,36)(H,37,38)/b23-17+. The lowest BCUT2D eigenvalue weighted by atomic mass is 10.2. The lowest BCUT2D eigenvalue weighted by Crippen LogP contribution is -2.41. The average Bonchev–Trinajstić information content (AvgIpc) is 2.95. The minimum absolute atomic E-state index is 0.116. The first-order valence-corrected chi connectivity index (χ1v) is 12.5. The number of hydrogen-bond donors (Lipinski definition) is 5. The summed E-state index contributed by atoms with van der Waals surface area (Å²) in [6, 6.07) is 18.3. The summed E-state index contributed by atoms with van der Waals surface area (Å²) in [5.74, 6) is -1.15. The third kappa shape index (κ3) is 8.73. The summed E-state index contributed by atoms with van der Waals surface area (Å²) in [5, 5.41) is 12.5. The van der Waals surface area contributed by atoms with Crippen molar-refractivity contribution in [3.63, 3.8) is 0 Å². The number of carbonyl (C=O) groups is 3. The molecule has 0 saturated heterocycles. The Balaban J connectivity index is 1.60. The molecule has 0 spiro atoms. The molecule has 39 heavy (non-hydrogen) atoms. The van der Waals surface area contributed by atoms with E-state index in [2.05, 4.69) is 26.7 Å². The fourth-order valence-corrected chi connectivity index (χ4v) is 3.47. The molecule has 1 heterocycles. The highest BCUT2D eigenvalue weighted by Crippen LogP contribution is 2.21. The van der Waals surface area contributed by atoms with Crippen LogP contribution >= 0.6 is 11.6 Å². The third-order valence-electron chi connectivity index (χ3n) is 5.32. The van der Waals surface area contributed by atoms with Crippen LogP contribution < -0.4 is 26.4 Å². The molecule has 0 fully saturated rings. The number of amides is 2. The number of nitrogens with one attached hydrogen (secondary N) is 4. The number of aromatic carboxylic acids is 1. The lowest BCUT2D eigenvalue weighted by Gasteiger charge is -2.23. The van der Waals surface area contributed by atoms with Crippen molar-refractivity contribution in [3.05, 3.63) is 94.9 Å². The number of carbonyl (C=O) groups excluding carboxylic acids is 2. The molecule has 0 aliphatic heterocycles. The van der Waals surface area contributed by atoms with Gasteiger partial charge >= 0.3 is 5.97 Å². The Bertz CT molecular complexity index is 1320. The van der Waals surface area contributed by atoms with Crippen LogP contribution in [0.15, 0.2) is 78.6 Å². The van der Waals surface area contributed by atoms with Crippen molar-refractivity contribution in [2.24, 2.45) is 0 Å². The number of ether oxygens (including phenoxy) is 1. The zero-order valence-electron chi connectivity index (χ0n) is 21.4. The van der Waals surface area contributed by atoms with Crippen LogP contribution in [-0.2, 0) is 16.1 Å². The fraction of sp³-hybridized carbons (Fsp3) is 0.185. The number of rotatable bonds is 13. The SMILES string of the molecule is CCC(=O)N(CC)/C(=C/NNNc1ccc(Oc2cccc(C(=O)O)n2)cc1)C(=O)NCc1ccc(Cl)cc1. The summed E-state index contributed by atoms with van der Waals surface area (Å²) >= 11 is 5.92. The van der Waals surface area contributed by atoms with Gasteiger partial charge in [-0.1, -0.05) is 36.7 Å². The Morgan fingerprint density at radius 1 is 1.03 bits per heavy atom. The van der Waals surface area contributed by atoms with Crippen LogP contribution in [0.25, 0.3) is 0 Å². The van der Waals surface area contributed by atoms with Crippen LogP contribution in [0.4, 0.5) is 5.69 Å². The first kappa shape index (κ1) is 29.0. The Hall–Kier alpha value is -4.61. The molecule has 1 aromatic heterocycles. The van der Waals surface area contributed by atoms with Gasteiger partial charge in [0, 0.05) is 36.8 Å². The normalized spacial score (nSPS) is 10.9. The van der Waals surface area contributed by atoms with Crippen molar-refractivity contribution in [1.82, 2.24) is 26.2 Å². The number of benzene rings is 2. The van der Waals surface area contributed by atoms with Gasteiger partial charge < -0.3 is 30.9 Å². The second-order valence-corrected chi connectivity index (χ2v) is 8.45. The summed E-state index contributed by atoms with van der Waals surface area (Å²) in [6.07, 6.45) is 1.64. The van der Waals surface area contributed by atoms with Gasteiger partial charge in [-0.25, -0.2) is 9.78 Å². The summed E-state index contributed by atoms with van der Waals surface area (Å²) in [4.78, 5) is 41.8. The average molecular weight is 553 g/mol. The molecule has 0 atom stereocenters. The van der Waals surface area contributed by atoms with Gasteiger partial charge in [-0.15, -0.1) is 0 Å². The molecule has 2 amide bonds. The molecule has 0 aliphatic carbocycles. The molecule has 0 unspecified atom stereocenters. The molecule has 0 saturated carbocycles. The number of halogens is 1. The summed E-state index contributed by atoms with van der Waals surface area (Å²) in [7, 11) is 0. The van der Waals surface area contributed by atoms with Gasteiger partial charge in [0.2, 0.25) is 11.8 Å². The number of carboxylic acid groups (broad SMARTS) is 1. The Morgan fingerprint density at radius 2 is 1.74 bits per heavy atom. The van der Waals surface area contributed by atoms with Crippen LogP contribution in [0.2, 0.25) is 5.02 Å². The highest BCUT2D eigenvalue weighted by atomic mass is 35.5. The van der Waals surface area contributed by atoms with Crippen LogP contribution in [0.5, 0.6) is 11.6 Å². The minimum atomic E-state index is -1.14.